The molecule has 0 saturated heterocycles. The number of hydrogen-bond acceptors (Lipinski definition) is 2. The summed E-state index contributed by atoms with van der Waals surface area (Å²) in [5.41, 5.74) is 2.88. The molecule has 134 valence electrons. The summed E-state index contributed by atoms with van der Waals surface area (Å²) in [5.74, 6) is -0.123. The highest BCUT2D eigenvalue weighted by atomic mass is 19.4. The number of carbonyl (C=O) groups is 1. The van der Waals surface area contributed by atoms with Crippen molar-refractivity contribution in [3.63, 3.8) is 0 Å². The molecule has 1 aliphatic rings. The maximum absolute atomic E-state index is 12.6. The van der Waals surface area contributed by atoms with Gasteiger partial charge >= 0.3 is 6.18 Å². The van der Waals surface area contributed by atoms with Crippen LogP contribution in [0.4, 0.5) is 13.2 Å². The van der Waals surface area contributed by atoms with Gasteiger partial charge < -0.3 is 10.3 Å². The molecule has 0 atom stereocenters. The second-order valence-corrected chi connectivity index (χ2v) is 6.56. The zero-order valence-corrected chi connectivity index (χ0v) is 14.1. The van der Waals surface area contributed by atoms with Gasteiger partial charge in [0, 0.05) is 24.4 Å². The molecule has 0 spiro atoms. The van der Waals surface area contributed by atoms with E-state index in [1.807, 2.05) is 13.8 Å². The third-order valence-corrected chi connectivity index (χ3v) is 4.76. The van der Waals surface area contributed by atoms with Crippen molar-refractivity contribution < 1.29 is 18.0 Å². The first-order chi connectivity index (χ1) is 11.8. The van der Waals surface area contributed by atoms with Crippen LogP contribution in [0.5, 0.6) is 0 Å². The van der Waals surface area contributed by atoms with Crippen LogP contribution in [-0.4, -0.2) is 21.9 Å². The summed E-state index contributed by atoms with van der Waals surface area (Å²) in [6.07, 6.45) is 0.382. The SMILES string of the molecule is Cc1[nH]c(C(=O)NC2CCC2)c(C)c1Cc1ccc(C(F)(F)F)nc1. The number of H-pyrrole nitrogens is 1. The monoisotopic (exact) mass is 351 g/mol. The lowest BCUT2D eigenvalue weighted by Gasteiger charge is -2.26. The van der Waals surface area contributed by atoms with Gasteiger partial charge in [-0.1, -0.05) is 6.07 Å². The van der Waals surface area contributed by atoms with E-state index < -0.39 is 11.9 Å². The van der Waals surface area contributed by atoms with Crippen molar-refractivity contribution in [3.8, 4) is 0 Å². The lowest BCUT2D eigenvalue weighted by Crippen LogP contribution is -2.39. The minimum absolute atomic E-state index is 0.123. The number of nitrogens with one attached hydrogen (secondary N) is 2. The topological polar surface area (TPSA) is 57.8 Å². The summed E-state index contributed by atoms with van der Waals surface area (Å²) in [5, 5.41) is 2.99. The van der Waals surface area contributed by atoms with Gasteiger partial charge in [-0.25, -0.2) is 0 Å². The smallest absolute Gasteiger partial charge is 0.354 e. The van der Waals surface area contributed by atoms with Crippen LogP contribution < -0.4 is 5.32 Å². The highest BCUT2D eigenvalue weighted by molar-refractivity contribution is 5.94. The average Bonchev–Trinajstić information content (AvgIpc) is 2.78. The van der Waals surface area contributed by atoms with Gasteiger partial charge in [0.25, 0.3) is 5.91 Å². The third-order valence-electron chi connectivity index (χ3n) is 4.76. The molecule has 2 heterocycles. The Kier molecular flexibility index (Phi) is 4.58. The Morgan fingerprint density at radius 3 is 2.56 bits per heavy atom. The van der Waals surface area contributed by atoms with E-state index in [1.165, 1.54) is 12.3 Å². The Hall–Kier alpha value is -2.31. The molecule has 1 fully saturated rings. The van der Waals surface area contributed by atoms with E-state index in [2.05, 4.69) is 15.3 Å². The van der Waals surface area contributed by atoms with E-state index in [4.69, 9.17) is 0 Å². The van der Waals surface area contributed by atoms with Gasteiger partial charge in [0.05, 0.1) is 0 Å². The lowest BCUT2D eigenvalue weighted by molar-refractivity contribution is -0.141. The molecule has 7 heteroatoms. The zero-order valence-electron chi connectivity index (χ0n) is 14.1. The number of alkyl halides is 3. The van der Waals surface area contributed by atoms with E-state index in [0.717, 1.165) is 42.1 Å². The third kappa shape index (κ3) is 3.70. The minimum Gasteiger partial charge on any atom is -0.354 e. The van der Waals surface area contributed by atoms with Crippen molar-refractivity contribution >= 4 is 5.91 Å². The predicted octanol–water partition coefficient (Wildman–Crippen LogP) is 3.92. The Morgan fingerprint density at radius 2 is 2.04 bits per heavy atom. The molecule has 3 rings (SSSR count). The summed E-state index contributed by atoms with van der Waals surface area (Å²) in [6.45, 7) is 3.71. The molecule has 25 heavy (non-hydrogen) atoms. The Labute approximate surface area is 143 Å². The molecule has 1 aliphatic carbocycles. The summed E-state index contributed by atoms with van der Waals surface area (Å²) in [6, 6.07) is 2.66. The number of pyridine rings is 1. The molecule has 0 unspecified atom stereocenters. The van der Waals surface area contributed by atoms with Crippen LogP contribution in [0.15, 0.2) is 18.3 Å². The average molecular weight is 351 g/mol. The van der Waals surface area contributed by atoms with Crippen LogP contribution >= 0.6 is 0 Å². The fourth-order valence-corrected chi connectivity index (χ4v) is 2.99. The highest BCUT2D eigenvalue weighted by Crippen LogP contribution is 2.28. The Balaban J connectivity index is 1.77. The number of nitrogens with zero attached hydrogens (tertiary/aromatic N) is 1. The number of halogens is 3. The lowest BCUT2D eigenvalue weighted by atomic mass is 9.93. The van der Waals surface area contributed by atoms with Gasteiger partial charge in [-0.2, -0.15) is 13.2 Å². The van der Waals surface area contributed by atoms with E-state index >= 15 is 0 Å². The van der Waals surface area contributed by atoms with Crippen molar-refractivity contribution in [2.45, 2.75) is 51.7 Å². The van der Waals surface area contributed by atoms with Crippen molar-refractivity contribution in [1.82, 2.24) is 15.3 Å². The second-order valence-electron chi connectivity index (χ2n) is 6.56. The van der Waals surface area contributed by atoms with Gasteiger partial charge in [-0.3, -0.25) is 9.78 Å². The van der Waals surface area contributed by atoms with Crippen molar-refractivity contribution in [3.05, 3.63) is 52.1 Å². The number of aromatic nitrogens is 2. The molecule has 0 aliphatic heterocycles. The zero-order chi connectivity index (χ0) is 18.2. The van der Waals surface area contributed by atoms with E-state index in [-0.39, 0.29) is 11.9 Å². The molecule has 0 bridgehead atoms. The number of amides is 1. The van der Waals surface area contributed by atoms with E-state index in [0.29, 0.717) is 17.7 Å². The molecule has 1 saturated carbocycles. The van der Waals surface area contributed by atoms with Crippen molar-refractivity contribution in [2.24, 2.45) is 0 Å². The fraction of sp³-hybridized carbons (Fsp3) is 0.444. The van der Waals surface area contributed by atoms with Crippen LogP contribution in [0.1, 0.15) is 57.8 Å². The Morgan fingerprint density at radius 1 is 1.32 bits per heavy atom. The van der Waals surface area contributed by atoms with Crippen LogP contribution in [0, 0.1) is 13.8 Å². The highest BCUT2D eigenvalue weighted by Gasteiger charge is 2.32. The summed E-state index contributed by atoms with van der Waals surface area (Å²) < 4.78 is 37.8. The first-order valence-electron chi connectivity index (χ1n) is 8.26. The number of aromatic amines is 1. The molecule has 4 nitrogen and oxygen atoms in total. The first kappa shape index (κ1) is 17.5. The van der Waals surface area contributed by atoms with Crippen LogP contribution in [-0.2, 0) is 12.6 Å². The van der Waals surface area contributed by atoms with Gasteiger partial charge in [-0.05, 0) is 55.9 Å². The first-order valence-corrected chi connectivity index (χ1v) is 8.26. The molecule has 0 aromatic carbocycles. The minimum atomic E-state index is -4.44. The molecule has 2 aromatic heterocycles. The summed E-state index contributed by atoms with van der Waals surface area (Å²) in [4.78, 5) is 19.0. The quantitative estimate of drug-likeness (QED) is 0.877. The molecular weight excluding hydrogens is 331 g/mol. The van der Waals surface area contributed by atoms with Crippen LogP contribution in [0.3, 0.4) is 0 Å². The molecule has 0 radical (unpaired) electrons. The van der Waals surface area contributed by atoms with Gasteiger partial charge in [0.1, 0.15) is 11.4 Å². The summed E-state index contributed by atoms with van der Waals surface area (Å²) in [7, 11) is 0. The van der Waals surface area contributed by atoms with Gasteiger partial charge in [0.2, 0.25) is 0 Å². The summed E-state index contributed by atoms with van der Waals surface area (Å²) >= 11 is 0. The van der Waals surface area contributed by atoms with Crippen molar-refractivity contribution in [2.75, 3.05) is 0 Å². The normalized spacial score (nSPS) is 15.1. The maximum atomic E-state index is 12.6. The number of aryl methyl sites for hydroxylation is 1. The standard InChI is InChI=1S/C18H20F3N3O/c1-10-14(8-12-6-7-15(22-9-12)18(19,20)21)11(2)23-16(10)17(25)24-13-4-3-5-13/h6-7,9,13,23H,3-5,8H2,1-2H3,(H,24,25). The number of hydrogen-bond donors (Lipinski definition) is 2. The van der Waals surface area contributed by atoms with Crippen LogP contribution in [0.2, 0.25) is 0 Å². The largest absolute Gasteiger partial charge is 0.433 e. The van der Waals surface area contributed by atoms with E-state index in [1.54, 1.807) is 0 Å². The van der Waals surface area contributed by atoms with Crippen LogP contribution in [0.25, 0.3) is 0 Å². The Bertz CT molecular complexity index is 774. The van der Waals surface area contributed by atoms with Gasteiger partial charge in [-0.15, -0.1) is 0 Å². The number of rotatable bonds is 4. The molecule has 2 aromatic rings. The second kappa shape index (κ2) is 6.54. The predicted molar refractivity (Wildman–Crippen MR) is 87.4 cm³/mol. The molecule has 1 amide bonds. The molecular formula is C18H20F3N3O. The van der Waals surface area contributed by atoms with E-state index in [9.17, 15) is 18.0 Å². The fourth-order valence-electron chi connectivity index (χ4n) is 2.99. The molecule has 2 N–H and O–H groups in total. The number of carbonyl (C=O) groups excluding carboxylic acids is 1. The maximum Gasteiger partial charge on any atom is 0.433 e. The van der Waals surface area contributed by atoms with Crippen molar-refractivity contribution in [1.29, 1.82) is 0 Å². The van der Waals surface area contributed by atoms with Gasteiger partial charge in [0.15, 0.2) is 0 Å².